The van der Waals surface area contributed by atoms with Crippen LogP contribution in [0.3, 0.4) is 0 Å². The van der Waals surface area contributed by atoms with Crippen LogP contribution < -0.4 is 9.80 Å². The largest absolute Gasteiger partial charge is 0.311 e. The van der Waals surface area contributed by atoms with Gasteiger partial charge in [-0.05, 0) is 101 Å². The summed E-state index contributed by atoms with van der Waals surface area (Å²) in [6.07, 6.45) is 4.35. The molecular formula is C45H36N2. The number of anilines is 6. The lowest BCUT2D eigenvalue weighted by molar-refractivity contribution is 1.25. The second-order valence-corrected chi connectivity index (χ2v) is 11.6. The Kier molecular flexibility index (Phi) is 8.74. The molecule has 0 aromatic heterocycles. The van der Waals surface area contributed by atoms with Gasteiger partial charge in [0.15, 0.2) is 0 Å². The lowest BCUT2D eigenvalue weighted by Gasteiger charge is -2.27. The van der Waals surface area contributed by atoms with Gasteiger partial charge in [0, 0.05) is 34.1 Å². The first-order valence-electron chi connectivity index (χ1n) is 16.0. The zero-order valence-corrected chi connectivity index (χ0v) is 26.4. The van der Waals surface area contributed by atoms with Crippen molar-refractivity contribution in [2.24, 2.45) is 0 Å². The zero-order chi connectivity index (χ0) is 31.8. The molecule has 0 saturated carbocycles. The molecule has 0 amide bonds. The Morgan fingerprint density at radius 2 is 0.660 bits per heavy atom. The summed E-state index contributed by atoms with van der Waals surface area (Å²) in [5.41, 5.74) is 12.8. The average molecular weight is 605 g/mol. The van der Waals surface area contributed by atoms with Crippen LogP contribution >= 0.6 is 0 Å². The lowest BCUT2D eigenvalue weighted by atomic mass is 10.0. The molecule has 7 rings (SSSR count). The fourth-order valence-electron chi connectivity index (χ4n) is 5.94. The molecule has 2 heteroatoms. The van der Waals surface area contributed by atoms with Crippen molar-refractivity contribution < 1.29 is 0 Å². The molecule has 47 heavy (non-hydrogen) atoms. The molecule has 0 radical (unpaired) electrons. The van der Waals surface area contributed by atoms with E-state index in [9.17, 15) is 0 Å². The third kappa shape index (κ3) is 6.78. The molecule has 7 aromatic carbocycles. The van der Waals surface area contributed by atoms with Crippen molar-refractivity contribution in [2.75, 3.05) is 9.80 Å². The monoisotopic (exact) mass is 604 g/mol. The molecule has 0 aliphatic carbocycles. The van der Waals surface area contributed by atoms with E-state index in [1.165, 1.54) is 27.9 Å². The van der Waals surface area contributed by atoms with Crippen molar-refractivity contribution in [1.29, 1.82) is 0 Å². The molecule has 0 N–H and O–H groups in total. The van der Waals surface area contributed by atoms with E-state index in [1.807, 2.05) is 0 Å². The van der Waals surface area contributed by atoms with Crippen molar-refractivity contribution in [3.63, 3.8) is 0 Å². The van der Waals surface area contributed by atoms with Crippen molar-refractivity contribution in [1.82, 2.24) is 0 Å². The van der Waals surface area contributed by atoms with Gasteiger partial charge in [0.2, 0.25) is 0 Å². The van der Waals surface area contributed by atoms with Gasteiger partial charge in [-0.2, -0.15) is 0 Å². The van der Waals surface area contributed by atoms with E-state index in [0.29, 0.717) is 0 Å². The van der Waals surface area contributed by atoms with Gasteiger partial charge >= 0.3 is 0 Å². The number of hydrogen-bond donors (Lipinski definition) is 0. The van der Waals surface area contributed by atoms with Crippen LogP contribution in [0.15, 0.2) is 188 Å². The van der Waals surface area contributed by atoms with Crippen LogP contribution in [0.4, 0.5) is 34.1 Å². The number of para-hydroxylation sites is 4. The normalized spacial score (nSPS) is 11.0. The first-order chi connectivity index (χ1) is 23.2. The number of rotatable bonds is 9. The van der Waals surface area contributed by atoms with E-state index in [0.717, 1.165) is 34.0 Å². The molecule has 0 fully saturated rings. The Balaban J connectivity index is 1.07. The van der Waals surface area contributed by atoms with Gasteiger partial charge in [-0.1, -0.05) is 133 Å². The molecule has 226 valence electrons. The van der Waals surface area contributed by atoms with E-state index in [2.05, 4.69) is 217 Å². The van der Waals surface area contributed by atoms with E-state index in [-0.39, 0.29) is 0 Å². The third-order valence-electron chi connectivity index (χ3n) is 8.39. The zero-order valence-electron chi connectivity index (χ0n) is 26.4. The molecule has 0 unspecified atom stereocenters. The maximum Gasteiger partial charge on any atom is 0.0490 e. The number of nitrogens with zero attached hydrogens (tertiary/aromatic N) is 2. The summed E-state index contributed by atoms with van der Waals surface area (Å²) in [4.78, 5) is 4.60. The average Bonchev–Trinajstić information content (AvgIpc) is 3.14. The Labute approximate surface area is 278 Å². The van der Waals surface area contributed by atoms with Crippen LogP contribution in [0.25, 0.3) is 23.3 Å². The van der Waals surface area contributed by atoms with Crippen LogP contribution in [0.5, 0.6) is 0 Å². The number of benzene rings is 7. The molecular weight excluding hydrogens is 569 g/mol. The number of aryl methyl sites for hydroxylation is 1. The first kappa shape index (κ1) is 29.6. The summed E-state index contributed by atoms with van der Waals surface area (Å²) in [6, 6.07) is 66.4. The highest BCUT2D eigenvalue weighted by molar-refractivity contribution is 5.81. The molecule has 0 aliphatic rings. The van der Waals surface area contributed by atoms with Crippen molar-refractivity contribution in [2.45, 2.75) is 6.92 Å². The van der Waals surface area contributed by atoms with Gasteiger partial charge in [-0.15, -0.1) is 0 Å². The van der Waals surface area contributed by atoms with Gasteiger partial charge < -0.3 is 9.80 Å². The quantitative estimate of drug-likeness (QED) is 0.151. The predicted molar refractivity (Wildman–Crippen MR) is 201 cm³/mol. The highest BCUT2D eigenvalue weighted by Crippen LogP contribution is 2.37. The minimum Gasteiger partial charge on any atom is -0.311 e. The first-order valence-corrected chi connectivity index (χ1v) is 16.0. The van der Waals surface area contributed by atoms with Crippen LogP contribution in [0, 0.1) is 6.92 Å². The van der Waals surface area contributed by atoms with Crippen LogP contribution in [-0.4, -0.2) is 0 Å². The Bertz CT molecular complexity index is 2010. The summed E-state index contributed by atoms with van der Waals surface area (Å²) in [6.45, 7) is 2.16. The Morgan fingerprint density at radius 3 is 1.15 bits per heavy atom. The minimum absolute atomic E-state index is 1.13. The van der Waals surface area contributed by atoms with Crippen molar-refractivity contribution >= 4 is 46.3 Å². The summed E-state index contributed by atoms with van der Waals surface area (Å²) >= 11 is 0. The topological polar surface area (TPSA) is 6.48 Å². The smallest absolute Gasteiger partial charge is 0.0490 e. The predicted octanol–water partition coefficient (Wildman–Crippen LogP) is 12.8. The fraction of sp³-hybridized carbons (Fsp3) is 0.0222. The summed E-state index contributed by atoms with van der Waals surface area (Å²) < 4.78 is 0. The van der Waals surface area contributed by atoms with E-state index in [4.69, 9.17) is 0 Å². The van der Waals surface area contributed by atoms with Crippen LogP contribution in [-0.2, 0) is 0 Å². The molecule has 0 heterocycles. The van der Waals surface area contributed by atoms with E-state index in [1.54, 1.807) is 0 Å². The molecule has 0 bridgehead atoms. The van der Waals surface area contributed by atoms with Gasteiger partial charge in [-0.25, -0.2) is 0 Å². The molecule has 0 aliphatic heterocycles. The van der Waals surface area contributed by atoms with Crippen molar-refractivity contribution in [3.8, 4) is 11.1 Å². The van der Waals surface area contributed by atoms with E-state index >= 15 is 0 Å². The third-order valence-corrected chi connectivity index (χ3v) is 8.39. The number of hydrogen-bond acceptors (Lipinski definition) is 2. The molecule has 2 nitrogen and oxygen atoms in total. The lowest BCUT2D eigenvalue weighted by Crippen LogP contribution is -2.11. The molecule has 0 saturated heterocycles. The highest BCUT2D eigenvalue weighted by atomic mass is 15.1. The summed E-state index contributed by atoms with van der Waals surface area (Å²) in [7, 11) is 0. The van der Waals surface area contributed by atoms with Crippen LogP contribution in [0.2, 0.25) is 0 Å². The van der Waals surface area contributed by atoms with Gasteiger partial charge in [0.25, 0.3) is 0 Å². The fourth-order valence-corrected chi connectivity index (χ4v) is 5.94. The van der Waals surface area contributed by atoms with E-state index < -0.39 is 0 Å². The highest BCUT2D eigenvalue weighted by Gasteiger charge is 2.14. The minimum atomic E-state index is 1.13. The molecule has 7 aromatic rings. The maximum atomic E-state index is 2.32. The Hall–Kier alpha value is -6.12. The second kappa shape index (κ2) is 13.9. The second-order valence-electron chi connectivity index (χ2n) is 11.6. The van der Waals surface area contributed by atoms with Crippen molar-refractivity contribution in [3.05, 3.63) is 205 Å². The van der Waals surface area contributed by atoms with Crippen LogP contribution in [0.1, 0.15) is 16.7 Å². The molecule has 0 spiro atoms. The summed E-state index contributed by atoms with van der Waals surface area (Å²) in [5.74, 6) is 0. The molecule has 0 atom stereocenters. The van der Waals surface area contributed by atoms with Gasteiger partial charge in [0.1, 0.15) is 0 Å². The SMILES string of the molecule is Cc1ccccc1N(c1ccccc1)c1ccc(-c2ccc(/C=C/c3ccc(N(c4ccccc4)c4ccccc4)cc3)cc2)cc1. The maximum absolute atomic E-state index is 2.32. The Morgan fingerprint density at radius 1 is 0.319 bits per heavy atom. The standard InChI is InChI=1S/C45H36N2/c1-35-13-11-12-20-45(35)47(42-18-9-4-10-19-42)44-33-29-39(30-34-44)38-27-23-36(24-28-38)21-22-37-25-31-43(32-26-37)46(40-14-5-2-6-15-40)41-16-7-3-8-17-41/h2-34H,1H3/b22-21+. The van der Waals surface area contributed by atoms with Gasteiger partial charge in [0.05, 0.1) is 0 Å². The summed E-state index contributed by atoms with van der Waals surface area (Å²) in [5, 5.41) is 0. The van der Waals surface area contributed by atoms with Gasteiger partial charge in [-0.3, -0.25) is 0 Å².